The van der Waals surface area contributed by atoms with Crippen LogP contribution in [-0.4, -0.2) is 10.1 Å². The zero-order valence-corrected chi connectivity index (χ0v) is 10.8. The summed E-state index contributed by atoms with van der Waals surface area (Å²) in [7, 11) is 0. The minimum atomic E-state index is -0.415. The van der Waals surface area contributed by atoms with E-state index in [0.29, 0.717) is 5.92 Å². The zero-order valence-electron chi connectivity index (χ0n) is 10.8. The average molecular weight is 221 g/mol. The maximum absolute atomic E-state index is 10.1. The van der Waals surface area contributed by atoms with Crippen molar-refractivity contribution in [3.63, 3.8) is 0 Å². The highest BCUT2D eigenvalue weighted by atomic mass is 16.3. The van der Waals surface area contributed by atoms with E-state index in [1.54, 1.807) is 0 Å². The van der Waals surface area contributed by atoms with Gasteiger partial charge in [-0.3, -0.25) is 4.98 Å². The molecule has 0 aliphatic heterocycles. The molecule has 16 heavy (non-hydrogen) atoms. The van der Waals surface area contributed by atoms with Crippen LogP contribution in [0.25, 0.3) is 0 Å². The SMILES string of the molecule is CCCC(C)CC(O)c1ncc(C)cc1C. The van der Waals surface area contributed by atoms with Gasteiger partial charge >= 0.3 is 0 Å². The first kappa shape index (κ1) is 13.2. The lowest BCUT2D eigenvalue weighted by Crippen LogP contribution is -2.08. The van der Waals surface area contributed by atoms with E-state index in [0.717, 1.165) is 23.2 Å². The monoisotopic (exact) mass is 221 g/mol. The number of nitrogens with zero attached hydrogens (tertiary/aromatic N) is 1. The van der Waals surface area contributed by atoms with Gasteiger partial charge in [-0.05, 0) is 37.3 Å². The molecule has 0 aliphatic carbocycles. The minimum absolute atomic E-state index is 0.415. The van der Waals surface area contributed by atoms with Crippen molar-refractivity contribution < 1.29 is 5.11 Å². The molecule has 0 aromatic carbocycles. The molecule has 2 unspecified atom stereocenters. The number of aliphatic hydroxyl groups is 1. The molecule has 0 aliphatic rings. The first-order chi connectivity index (χ1) is 7.54. The van der Waals surface area contributed by atoms with Crippen LogP contribution in [0.15, 0.2) is 12.3 Å². The first-order valence-electron chi connectivity index (χ1n) is 6.15. The average Bonchev–Trinajstić information content (AvgIpc) is 2.17. The normalized spacial score (nSPS) is 14.8. The molecule has 2 heteroatoms. The second-order valence-electron chi connectivity index (χ2n) is 4.86. The molecule has 0 bridgehead atoms. The van der Waals surface area contributed by atoms with Gasteiger partial charge in [0.2, 0.25) is 0 Å². The van der Waals surface area contributed by atoms with Crippen LogP contribution < -0.4 is 0 Å². The van der Waals surface area contributed by atoms with Crippen LogP contribution >= 0.6 is 0 Å². The van der Waals surface area contributed by atoms with Gasteiger partial charge in [0.15, 0.2) is 0 Å². The number of pyridine rings is 1. The van der Waals surface area contributed by atoms with Crippen LogP contribution in [0.3, 0.4) is 0 Å². The molecular formula is C14H23NO. The van der Waals surface area contributed by atoms with Crippen molar-refractivity contribution in [2.24, 2.45) is 5.92 Å². The fraction of sp³-hybridized carbons (Fsp3) is 0.643. The summed E-state index contributed by atoms with van der Waals surface area (Å²) in [6, 6.07) is 2.08. The molecule has 2 atom stereocenters. The standard InChI is InChI=1S/C14H23NO/c1-5-6-10(2)8-13(16)14-12(4)7-11(3)9-15-14/h7,9-10,13,16H,5-6,8H2,1-4H3. The molecule has 0 amide bonds. The van der Waals surface area contributed by atoms with Crippen molar-refractivity contribution in [2.45, 2.75) is 53.1 Å². The number of aromatic nitrogens is 1. The van der Waals surface area contributed by atoms with Gasteiger partial charge in [0.1, 0.15) is 0 Å². The molecule has 1 aromatic heterocycles. The van der Waals surface area contributed by atoms with E-state index in [-0.39, 0.29) is 0 Å². The smallest absolute Gasteiger partial charge is 0.0965 e. The summed E-state index contributed by atoms with van der Waals surface area (Å²) < 4.78 is 0. The summed E-state index contributed by atoms with van der Waals surface area (Å²) in [5.41, 5.74) is 3.08. The molecule has 0 fully saturated rings. The quantitative estimate of drug-likeness (QED) is 0.824. The highest BCUT2D eigenvalue weighted by Crippen LogP contribution is 2.24. The summed E-state index contributed by atoms with van der Waals surface area (Å²) in [6.07, 6.45) is 4.57. The van der Waals surface area contributed by atoms with Crippen LogP contribution in [0.5, 0.6) is 0 Å². The molecule has 1 rings (SSSR count). The highest BCUT2D eigenvalue weighted by molar-refractivity contribution is 5.24. The van der Waals surface area contributed by atoms with E-state index < -0.39 is 6.10 Å². The third kappa shape index (κ3) is 3.60. The molecule has 1 N–H and O–H groups in total. The number of rotatable bonds is 5. The summed E-state index contributed by atoms with van der Waals surface area (Å²) in [6.45, 7) is 8.41. The molecule has 1 heterocycles. The van der Waals surface area contributed by atoms with Crippen molar-refractivity contribution >= 4 is 0 Å². The lowest BCUT2D eigenvalue weighted by atomic mass is 9.95. The molecule has 2 nitrogen and oxygen atoms in total. The van der Waals surface area contributed by atoms with Crippen molar-refractivity contribution in [2.75, 3.05) is 0 Å². The lowest BCUT2D eigenvalue weighted by Gasteiger charge is -2.17. The highest BCUT2D eigenvalue weighted by Gasteiger charge is 2.15. The Morgan fingerprint density at radius 2 is 2.06 bits per heavy atom. The Morgan fingerprint density at radius 1 is 1.38 bits per heavy atom. The van der Waals surface area contributed by atoms with Gasteiger partial charge in [-0.25, -0.2) is 0 Å². The maximum Gasteiger partial charge on any atom is 0.0965 e. The van der Waals surface area contributed by atoms with Crippen molar-refractivity contribution in [3.8, 4) is 0 Å². The van der Waals surface area contributed by atoms with Gasteiger partial charge < -0.3 is 5.11 Å². The van der Waals surface area contributed by atoms with Gasteiger partial charge in [0.25, 0.3) is 0 Å². The van der Waals surface area contributed by atoms with E-state index in [1.807, 2.05) is 20.0 Å². The molecule has 0 saturated carbocycles. The van der Waals surface area contributed by atoms with Gasteiger partial charge in [-0.1, -0.05) is 32.8 Å². The van der Waals surface area contributed by atoms with Gasteiger partial charge in [-0.15, -0.1) is 0 Å². The Kier molecular flexibility index (Phi) is 4.94. The number of aliphatic hydroxyl groups excluding tert-OH is 1. The van der Waals surface area contributed by atoms with Crippen molar-refractivity contribution in [1.29, 1.82) is 0 Å². The Morgan fingerprint density at radius 3 is 2.62 bits per heavy atom. The lowest BCUT2D eigenvalue weighted by molar-refractivity contribution is 0.140. The molecule has 0 radical (unpaired) electrons. The summed E-state index contributed by atoms with van der Waals surface area (Å²) >= 11 is 0. The second kappa shape index (κ2) is 6.00. The topological polar surface area (TPSA) is 33.1 Å². The number of hydrogen-bond acceptors (Lipinski definition) is 2. The molecular weight excluding hydrogens is 198 g/mol. The fourth-order valence-electron chi connectivity index (χ4n) is 2.18. The summed E-state index contributed by atoms with van der Waals surface area (Å²) in [5.74, 6) is 0.558. The van der Waals surface area contributed by atoms with Crippen LogP contribution in [0, 0.1) is 19.8 Å². The van der Waals surface area contributed by atoms with Gasteiger partial charge in [0.05, 0.1) is 11.8 Å². The van der Waals surface area contributed by atoms with Crippen molar-refractivity contribution in [1.82, 2.24) is 4.98 Å². The molecule has 0 spiro atoms. The second-order valence-corrected chi connectivity index (χ2v) is 4.86. The van der Waals surface area contributed by atoms with E-state index in [1.165, 1.54) is 12.8 Å². The fourth-order valence-corrected chi connectivity index (χ4v) is 2.18. The van der Waals surface area contributed by atoms with Crippen molar-refractivity contribution in [3.05, 3.63) is 29.1 Å². The number of hydrogen-bond donors (Lipinski definition) is 1. The summed E-state index contributed by atoms with van der Waals surface area (Å²) in [4.78, 5) is 4.34. The third-order valence-electron chi connectivity index (χ3n) is 2.98. The van der Waals surface area contributed by atoms with E-state index in [9.17, 15) is 5.11 Å². The van der Waals surface area contributed by atoms with E-state index >= 15 is 0 Å². The van der Waals surface area contributed by atoms with Gasteiger partial charge in [-0.2, -0.15) is 0 Å². The Labute approximate surface area is 98.7 Å². The Bertz CT molecular complexity index is 336. The Balaban J connectivity index is 2.69. The third-order valence-corrected chi connectivity index (χ3v) is 2.98. The maximum atomic E-state index is 10.1. The Hall–Kier alpha value is -0.890. The minimum Gasteiger partial charge on any atom is -0.387 e. The molecule has 90 valence electrons. The van der Waals surface area contributed by atoms with Crippen LogP contribution in [0.4, 0.5) is 0 Å². The van der Waals surface area contributed by atoms with E-state index in [2.05, 4.69) is 24.9 Å². The predicted octanol–water partition coefficient (Wildman–Crippen LogP) is 3.56. The molecule has 0 saturated heterocycles. The van der Waals surface area contributed by atoms with E-state index in [4.69, 9.17) is 0 Å². The first-order valence-corrected chi connectivity index (χ1v) is 6.15. The molecule has 1 aromatic rings. The number of aryl methyl sites for hydroxylation is 2. The van der Waals surface area contributed by atoms with Crippen LogP contribution in [0.1, 0.15) is 56.0 Å². The largest absolute Gasteiger partial charge is 0.387 e. The van der Waals surface area contributed by atoms with Gasteiger partial charge in [0, 0.05) is 6.20 Å². The summed E-state index contributed by atoms with van der Waals surface area (Å²) in [5, 5.41) is 10.1. The van der Waals surface area contributed by atoms with Crippen LogP contribution in [0.2, 0.25) is 0 Å². The predicted molar refractivity (Wildman–Crippen MR) is 67.4 cm³/mol. The zero-order chi connectivity index (χ0) is 12.1. The van der Waals surface area contributed by atoms with Crippen LogP contribution in [-0.2, 0) is 0 Å².